The Balaban J connectivity index is 1.54. The van der Waals surface area contributed by atoms with Crippen molar-refractivity contribution >= 4 is 23.2 Å². The lowest BCUT2D eigenvalue weighted by atomic mass is 10.2. The van der Waals surface area contributed by atoms with Gasteiger partial charge in [-0.15, -0.1) is 0 Å². The summed E-state index contributed by atoms with van der Waals surface area (Å²) in [5.74, 6) is 0.133. The molecule has 22 heavy (non-hydrogen) atoms. The average Bonchev–Trinajstić information content (AvgIpc) is 2.95. The molecule has 2 fully saturated rings. The van der Waals surface area contributed by atoms with Crippen LogP contribution < -0.4 is 15.5 Å². The van der Waals surface area contributed by atoms with E-state index in [0.717, 1.165) is 30.9 Å². The molecule has 2 heterocycles. The number of morpholine rings is 1. The molecule has 2 saturated heterocycles. The Hall–Kier alpha value is -1.92. The molecule has 2 aliphatic rings. The first-order valence-electron chi connectivity index (χ1n) is 7.74. The van der Waals surface area contributed by atoms with Crippen LogP contribution in [0.1, 0.15) is 19.3 Å². The smallest absolute Gasteiger partial charge is 0.227 e. The van der Waals surface area contributed by atoms with Crippen molar-refractivity contribution in [3.8, 4) is 0 Å². The van der Waals surface area contributed by atoms with E-state index in [2.05, 4.69) is 10.6 Å². The number of rotatable bonds is 4. The largest absolute Gasteiger partial charge is 0.378 e. The van der Waals surface area contributed by atoms with E-state index in [1.54, 1.807) is 4.90 Å². The van der Waals surface area contributed by atoms with Gasteiger partial charge in [0.1, 0.15) is 0 Å². The van der Waals surface area contributed by atoms with Gasteiger partial charge in [-0.05, 0) is 30.7 Å². The molecule has 0 aliphatic carbocycles. The van der Waals surface area contributed by atoms with Crippen molar-refractivity contribution in [1.29, 1.82) is 0 Å². The summed E-state index contributed by atoms with van der Waals surface area (Å²) in [4.78, 5) is 25.5. The summed E-state index contributed by atoms with van der Waals surface area (Å²) >= 11 is 0. The number of amides is 2. The van der Waals surface area contributed by atoms with Crippen molar-refractivity contribution in [3.05, 3.63) is 24.3 Å². The number of ether oxygens (including phenoxy) is 1. The zero-order chi connectivity index (χ0) is 15.4. The van der Waals surface area contributed by atoms with E-state index in [-0.39, 0.29) is 17.9 Å². The Morgan fingerprint density at radius 1 is 1.36 bits per heavy atom. The summed E-state index contributed by atoms with van der Waals surface area (Å²) in [7, 11) is 0. The maximum atomic E-state index is 12.0. The van der Waals surface area contributed by atoms with Crippen LogP contribution in [0.2, 0.25) is 0 Å². The molecule has 1 aromatic carbocycles. The molecule has 0 spiro atoms. The minimum atomic E-state index is -0.0343. The third kappa shape index (κ3) is 3.64. The molecule has 6 heteroatoms. The number of benzene rings is 1. The highest BCUT2D eigenvalue weighted by atomic mass is 16.5. The first kappa shape index (κ1) is 15.0. The van der Waals surface area contributed by atoms with Gasteiger partial charge in [-0.2, -0.15) is 0 Å². The highest BCUT2D eigenvalue weighted by Crippen LogP contribution is 2.23. The molecule has 2 N–H and O–H groups in total. The van der Waals surface area contributed by atoms with E-state index in [1.165, 1.54) is 0 Å². The van der Waals surface area contributed by atoms with Crippen LogP contribution in [0.3, 0.4) is 0 Å². The normalized spacial score (nSPS) is 21.9. The monoisotopic (exact) mass is 303 g/mol. The summed E-state index contributed by atoms with van der Waals surface area (Å²) < 4.78 is 5.34. The van der Waals surface area contributed by atoms with Gasteiger partial charge in [-0.1, -0.05) is 0 Å². The van der Waals surface area contributed by atoms with Gasteiger partial charge < -0.3 is 20.3 Å². The summed E-state index contributed by atoms with van der Waals surface area (Å²) in [6.07, 6.45) is 1.93. The molecule has 2 aliphatic heterocycles. The Morgan fingerprint density at radius 3 is 2.82 bits per heavy atom. The van der Waals surface area contributed by atoms with Gasteiger partial charge in [0.05, 0.1) is 13.2 Å². The number of nitrogens with one attached hydrogen (secondary N) is 2. The predicted molar refractivity (Wildman–Crippen MR) is 83.9 cm³/mol. The van der Waals surface area contributed by atoms with Crippen LogP contribution >= 0.6 is 0 Å². The fourth-order valence-electron chi connectivity index (χ4n) is 2.83. The summed E-state index contributed by atoms with van der Waals surface area (Å²) in [6.45, 7) is 2.84. The second-order valence-electron chi connectivity index (χ2n) is 5.67. The van der Waals surface area contributed by atoms with E-state index < -0.39 is 0 Å². The van der Waals surface area contributed by atoms with Crippen molar-refractivity contribution in [2.75, 3.05) is 36.5 Å². The maximum absolute atomic E-state index is 12.0. The molecule has 6 nitrogen and oxygen atoms in total. The van der Waals surface area contributed by atoms with Crippen molar-refractivity contribution < 1.29 is 14.3 Å². The fraction of sp³-hybridized carbons (Fsp3) is 0.500. The Kier molecular flexibility index (Phi) is 4.70. The van der Waals surface area contributed by atoms with Gasteiger partial charge in [-0.3, -0.25) is 9.59 Å². The number of nitrogens with zero attached hydrogens (tertiary/aromatic N) is 1. The van der Waals surface area contributed by atoms with Crippen molar-refractivity contribution in [2.45, 2.75) is 25.3 Å². The average molecular weight is 303 g/mol. The Bertz CT molecular complexity index is 538. The number of carbonyl (C=O) groups excluding carboxylic acids is 2. The zero-order valence-corrected chi connectivity index (χ0v) is 12.5. The lowest BCUT2D eigenvalue weighted by molar-refractivity contribution is -0.118. The summed E-state index contributed by atoms with van der Waals surface area (Å²) in [5, 5.41) is 6.14. The van der Waals surface area contributed by atoms with Crippen LogP contribution in [-0.2, 0) is 14.3 Å². The minimum absolute atomic E-state index is 0.0343. The van der Waals surface area contributed by atoms with E-state index in [0.29, 0.717) is 26.1 Å². The molecule has 3 rings (SSSR count). The standard InChI is InChI=1S/C16H21N3O3/c20-15(10-13-11-22-9-7-17-13)18-12-3-5-14(6-4-12)19-8-1-2-16(19)21/h3-6,13,17H,1-2,7-11H2,(H,18,20). The van der Waals surface area contributed by atoms with Crippen LogP contribution in [0.5, 0.6) is 0 Å². The van der Waals surface area contributed by atoms with Gasteiger partial charge in [0.25, 0.3) is 0 Å². The van der Waals surface area contributed by atoms with Crippen molar-refractivity contribution in [1.82, 2.24) is 5.32 Å². The molecule has 2 amide bonds. The molecule has 0 bridgehead atoms. The molecule has 1 aromatic rings. The highest BCUT2D eigenvalue weighted by Gasteiger charge is 2.21. The molecule has 0 radical (unpaired) electrons. The van der Waals surface area contributed by atoms with Gasteiger partial charge >= 0.3 is 0 Å². The van der Waals surface area contributed by atoms with Crippen LogP contribution in [0.15, 0.2) is 24.3 Å². The van der Waals surface area contributed by atoms with Gasteiger partial charge in [0.15, 0.2) is 0 Å². The van der Waals surface area contributed by atoms with Crippen molar-refractivity contribution in [3.63, 3.8) is 0 Å². The highest BCUT2D eigenvalue weighted by molar-refractivity contribution is 5.96. The number of carbonyl (C=O) groups is 2. The maximum Gasteiger partial charge on any atom is 0.227 e. The molecular formula is C16H21N3O3. The van der Waals surface area contributed by atoms with E-state index in [4.69, 9.17) is 4.74 Å². The van der Waals surface area contributed by atoms with E-state index in [9.17, 15) is 9.59 Å². The summed E-state index contributed by atoms with van der Waals surface area (Å²) in [5.41, 5.74) is 1.64. The van der Waals surface area contributed by atoms with Gasteiger partial charge in [0, 0.05) is 43.3 Å². The minimum Gasteiger partial charge on any atom is -0.378 e. The second-order valence-corrected chi connectivity index (χ2v) is 5.67. The Morgan fingerprint density at radius 2 is 2.18 bits per heavy atom. The SMILES string of the molecule is O=C(CC1COCCN1)Nc1ccc(N2CCCC2=O)cc1. The first-order chi connectivity index (χ1) is 10.7. The molecule has 0 aromatic heterocycles. The van der Waals surface area contributed by atoms with E-state index in [1.807, 2.05) is 24.3 Å². The van der Waals surface area contributed by atoms with Crippen LogP contribution in [0.25, 0.3) is 0 Å². The third-order valence-corrected chi connectivity index (χ3v) is 3.97. The zero-order valence-electron chi connectivity index (χ0n) is 12.5. The fourth-order valence-corrected chi connectivity index (χ4v) is 2.83. The molecular weight excluding hydrogens is 282 g/mol. The van der Waals surface area contributed by atoms with Crippen LogP contribution in [0, 0.1) is 0 Å². The van der Waals surface area contributed by atoms with Crippen molar-refractivity contribution in [2.24, 2.45) is 0 Å². The number of anilines is 2. The number of hydrogen-bond acceptors (Lipinski definition) is 4. The van der Waals surface area contributed by atoms with E-state index >= 15 is 0 Å². The van der Waals surface area contributed by atoms with Crippen LogP contribution in [-0.4, -0.2) is 44.2 Å². The van der Waals surface area contributed by atoms with Gasteiger partial charge in [0.2, 0.25) is 11.8 Å². The third-order valence-electron chi connectivity index (χ3n) is 3.97. The number of hydrogen-bond donors (Lipinski definition) is 2. The molecule has 0 saturated carbocycles. The summed E-state index contributed by atoms with van der Waals surface area (Å²) in [6, 6.07) is 7.50. The quantitative estimate of drug-likeness (QED) is 0.875. The van der Waals surface area contributed by atoms with Crippen LogP contribution in [0.4, 0.5) is 11.4 Å². The van der Waals surface area contributed by atoms with Gasteiger partial charge in [-0.25, -0.2) is 0 Å². The second kappa shape index (κ2) is 6.89. The predicted octanol–water partition coefficient (Wildman–Crippen LogP) is 1.13. The molecule has 1 atom stereocenters. The Labute approximate surface area is 129 Å². The molecule has 118 valence electrons. The molecule has 1 unspecified atom stereocenters. The first-order valence-corrected chi connectivity index (χ1v) is 7.74. The lowest BCUT2D eigenvalue weighted by Gasteiger charge is -2.23. The lowest BCUT2D eigenvalue weighted by Crippen LogP contribution is -2.43. The topological polar surface area (TPSA) is 70.7 Å².